The SMILES string of the molecule is Cc1ccc(N2C(=O)[C@H]3[C@H](c4cc(Br)ccc4OCC(=O)Nc4ccc(O)cc4)c4sc(=O)[nH]c4S[C@H]3C2=O)cc1. The molecule has 0 radical (unpaired) electrons. The number of benzene rings is 3. The number of halogens is 1. The van der Waals surface area contributed by atoms with Gasteiger partial charge in [0, 0.05) is 26.5 Å². The van der Waals surface area contributed by atoms with Crippen LogP contribution < -0.4 is 19.8 Å². The fourth-order valence-corrected chi connectivity index (χ4v) is 7.96. The van der Waals surface area contributed by atoms with Crippen molar-refractivity contribution in [2.75, 3.05) is 16.8 Å². The second kappa shape index (κ2) is 10.8. The van der Waals surface area contributed by atoms with Gasteiger partial charge in [-0.3, -0.25) is 19.2 Å². The fraction of sp³-hybridized carbons (Fsp3) is 0.172. The molecule has 1 saturated heterocycles. The number of hydrogen-bond donors (Lipinski definition) is 3. The first-order valence-corrected chi connectivity index (χ1v) is 15.0. The third-order valence-electron chi connectivity index (χ3n) is 6.93. The number of aromatic amines is 1. The fourth-order valence-electron chi connectivity index (χ4n) is 5.08. The number of carbonyl (C=O) groups excluding carboxylic acids is 3. The molecule has 41 heavy (non-hydrogen) atoms. The average Bonchev–Trinajstić information content (AvgIpc) is 3.44. The van der Waals surface area contributed by atoms with E-state index in [9.17, 15) is 24.3 Å². The van der Waals surface area contributed by atoms with E-state index >= 15 is 0 Å². The maximum Gasteiger partial charge on any atom is 0.305 e. The first-order valence-electron chi connectivity index (χ1n) is 12.5. The van der Waals surface area contributed by atoms with Crippen molar-refractivity contribution in [1.29, 1.82) is 0 Å². The molecule has 2 aliphatic heterocycles. The molecular weight excluding hydrogens is 630 g/mol. The molecule has 0 aliphatic carbocycles. The number of anilines is 2. The molecular formula is C29H22BrN3O6S2. The van der Waals surface area contributed by atoms with Crippen molar-refractivity contribution in [3.8, 4) is 11.5 Å². The number of aromatic hydroxyl groups is 1. The highest BCUT2D eigenvalue weighted by molar-refractivity contribution is 9.10. The number of fused-ring (bicyclic) bond motifs is 2. The molecule has 9 nitrogen and oxygen atoms in total. The number of H-pyrrole nitrogens is 1. The zero-order chi connectivity index (χ0) is 28.8. The van der Waals surface area contributed by atoms with E-state index < -0.39 is 23.0 Å². The number of nitrogens with one attached hydrogen (secondary N) is 2. The van der Waals surface area contributed by atoms with Crippen LogP contribution in [0, 0.1) is 12.8 Å². The van der Waals surface area contributed by atoms with Crippen molar-refractivity contribution in [2.24, 2.45) is 5.92 Å². The summed E-state index contributed by atoms with van der Waals surface area (Å²) in [4.78, 5) is 57.2. The number of aryl methyl sites for hydroxylation is 1. The lowest BCUT2D eigenvalue weighted by Gasteiger charge is -2.31. The van der Waals surface area contributed by atoms with Crippen molar-refractivity contribution in [1.82, 2.24) is 4.98 Å². The summed E-state index contributed by atoms with van der Waals surface area (Å²) in [5.74, 6) is -2.16. The first-order chi connectivity index (χ1) is 19.7. The lowest BCUT2D eigenvalue weighted by Crippen LogP contribution is -2.32. The third-order valence-corrected chi connectivity index (χ3v) is 9.83. The van der Waals surface area contributed by atoms with Crippen LogP contribution in [0.4, 0.5) is 11.4 Å². The van der Waals surface area contributed by atoms with E-state index in [2.05, 4.69) is 26.2 Å². The van der Waals surface area contributed by atoms with Crippen LogP contribution in [-0.4, -0.2) is 39.7 Å². The molecule has 3 amide bonds. The summed E-state index contributed by atoms with van der Waals surface area (Å²) >= 11 is 5.71. The summed E-state index contributed by atoms with van der Waals surface area (Å²) in [7, 11) is 0. The number of ether oxygens (including phenoxy) is 1. The maximum atomic E-state index is 14.0. The lowest BCUT2D eigenvalue weighted by molar-refractivity contribution is -0.122. The number of thioether (sulfide) groups is 1. The van der Waals surface area contributed by atoms with Gasteiger partial charge < -0.3 is 20.1 Å². The van der Waals surface area contributed by atoms with E-state index in [1.807, 2.05) is 19.1 Å². The van der Waals surface area contributed by atoms with Gasteiger partial charge in [-0.25, -0.2) is 4.90 Å². The van der Waals surface area contributed by atoms with E-state index in [1.165, 1.54) is 28.8 Å². The summed E-state index contributed by atoms with van der Waals surface area (Å²) in [6.45, 7) is 1.60. The predicted molar refractivity (Wildman–Crippen MR) is 160 cm³/mol. The van der Waals surface area contributed by atoms with Gasteiger partial charge in [0.05, 0.1) is 16.6 Å². The quantitative estimate of drug-likeness (QED) is 0.197. The predicted octanol–water partition coefficient (Wildman–Crippen LogP) is 5.03. The van der Waals surface area contributed by atoms with Gasteiger partial charge in [0.2, 0.25) is 11.8 Å². The van der Waals surface area contributed by atoms with Crippen molar-refractivity contribution in [2.45, 2.75) is 23.1 Å². The Morgan fingerprint density at radius 3 is 2.51 bits per heavy atom. The van der Waals surface area contributed by atoms with Crippen LogP contribution in [0.1, 0.15) is 21.9 Å². The Kier molecular flexibility index (Phi) is 7.22. The zero-order valence-electron chi connectivity index (χ0n) is 21.4. The summed E-state index contributed by atoms with van der Waals surface area (Å²) in [5, 5.41) is 12.0. The number of imide groups is 1. The van der Waals surface area contributed by atoms with Gasteiger partial charge in [-0.1, -0.05) is 56.7 Å². The minimum absolute atomic E-state index is 0.0787. The lowest BCUT2D eigenvalue weighted by atomic mass is 9.82. The average molecular weight is 653 g/mol. The summed E-state index contributed by atoms with van der Waals surface area (Å²) < 4.78 is 6.69. The van der Waals surface area contributed by atoms with Gasteiger partial charge in [0.25, 0.3) is 5.91 Å². The van der Waals surface area contributed by atoms with Gasteiger partial charge in [-0.15, -0.1) is 0 Å². The molecule has 3 atom stereocenters. The standard InChI is InChI=1S/C29H22BrN3O6S2/c1-14-2-7-17(8-3-14)33-27(36)23-22(24-26(32-29(38)41-24)40-25(23)28(33)37)19-12-15(30)4-11-20(19)39-13-21(35)31-16-5-9-18(34)10-6-16/h2-12,22-23,25,34H,13H2,1H3,(H,31,35)(H,32,38)/t22-,23-,25+/m0/s1. The van der Waals surface area contributed by atoms with Crippen molar-refractivity contribution in [3.63, 3.8) is 0 Å². The third kappa shape index (κ3) is 5.18. The summed E-state index contributed by atoms with van der Waals surface area (Å²) in [5.41, 5.74) is 2.57. The first kappa shape index (κ1) is 27.3. The van der Waals surface area contributed by atoms with Crippen LogP contribution in [0.3, 0.4) is 0 Å². The highest BCUT2D eigenvalue weighted by Gasteiger charge is 2.56. The highest BCUT2D eigenvalue weighted by Crippen LogP contribution is 2.54. The second-order valence-electron chi connectivity index (χ2n) is 9.66. The monoisotopic (exact) mass is 651 g/mol. The van der Waals surface area contributed by atoms with Crippen molar-refractivity contribution >= 4 is 68.1 Å². The molecule has 0 bridgehead atoms. The normalized spacial score (nSPS) is 19.6. The zero-order valence-corrected chi connectivity index (χ0v) is 24.6. The largest absolute Gasteiger partial charge is 0.508 e. The molecule has 12 heteroatoms. The second-order valence-corrected chi connectivity index (χ2v) is 12.7. The molecule has 6 rings (SSSR count). The Morgan fingerprint density at radius 2 is 1.78 bits per heavy atom. The number of amides is 3. The number of phenols is 1. The Bertz CT molecular complexity index is 1730. The Balaban J connectivity index is 1.36. The molecule has 1 aromatic heterocycles. The molecule has 3 heterocycles. The smallest absolute Gasteiger partial charge is 0.305 e. The minimum Gasteiger partial charge on any atom is -0.508 e. The Hall–Kier alpha value is -3.87. The number of aromatic nitrogens is 1. The minimum atomic E-state index is -0.796. The van der Waals surface area contributed by atoms with Crippen LogP contribution in [0.5, 0.6) is 11.5 Å². The van der Waals surface area contributed by atoms with Gasteiger partial charge >= 0.3 is 4.87 Å². The molecule has 3 aromatic carbocycles. The molecule has 3 N–H and O–H groups in total. The molecule has 0 unspecified atom stereocenters. The molecule has 4 aromatic rings. The summed E-state index contributed by atoms with van der Waals surface area (Å²) in [6.07, 6.45) is 0. The van der Waals surface area contributed by atoms with Crippen LogP contribution in [0.2, 0.25) is 0 Å². The number of thiazole rings is 1. The van der Waals surface area contributed by atoms with E-state index in [0.29, 0.717) is 37.1 Å². The maximum absolute atomic E-state index is 14.0. The number of phenolic OH excluding ortho intramolecular Hbond substituents is 1. The van der Waals surface area contributed by atoms with E-state index in [0.717, 1.165) is 16.9 Å². The van der Waals surface area contributed by atoms with Crippen LogP contribution in [-0.2, 0) is 14.4 Å². The molecule has 1 fully saturated rings. The molecule has 0 spiro atoms. The van der Waals surface area contributed by atoms with E-state index in [-0.39, 0.29) is 29.0 Å². The Labute approximate surface area is 250 Å². The van der Waals surface area contributed by atoms with Gasteiger partial charge in [0.15, 0.2) is 6.61 Å². The topological polar surface area (TPSA) is 129 Å². The van der Waals surface area contributed by atoms with Crippen LogP contribution in [0.25, 0.3) is 0 Å². The van der Waals surface area contributed by atoms with Gasteiger partial charge in [0.1, 0.15) is 16.7 Å². The molecule has 2 aliphatic rings. The van der Waals surface area contributed by atoms with E-state index in [4.69, 9.17) is 4.74 Å². The van der Waals surface area contributed by atoms with Gasteiger partial charge in [-0.05, 0) is 61.5 Å². The molecule has 0 saturated carbocycles. The Morgan fingerprint density at radius 1 is 1.05 bits per heavy atom. The van der Waals surface area contributed by atoms with Gasteiger partial charge in [-0.2, -0.15) is 0 Å². The van der Waals surface area contributed by atoms with Crippen LogP contribution >= 0.6 is 39.0 Å². The van der Waals surface area contributed by atoms with Crippen molar-refractivity contribution in [3.05, 3.63) is 96.9 Å². The number of rotatable bonds is 6. The van der Waals surface area contributed by atoms with Crippen LogP contribution in [0.15, 0.2) is 81.0 Å². The number of hydrogen-bond acceptors (Lipinski definition) is 8. The summed E-state index contributed by atoms with van der Waals surface area (Å²) in [6, 6.07) is 18.5. The van der Waals surface area contributed by atoms with E-state index in [1.54, 1.807) is 42.5 Å². The number of nitrogens with zero attached hydrogens (tertiary/aromatic N) is 1. The number of carbonyl (C=O) groups is 3. The highest BCUT2D eigenvalue weighted by atomic mass is 79.9. The van der Waals surface area contributed by atoms with Crippen molar-refractivity contribution < 1.29 is 24.2 Å². The molecule has 208 valence electrons.